The van der Waals surface area contributed by atoms with Crippen molar-refractivity contribution in [3.05, 3.63) is 70.3 Å². The molecule has 2 N–H and O–H groups in total. The van der Waals surface area contributed by atoms with Crippen molar-refractivity contribution in [3.8, 4) is 0 Å². The predicted molar refractivity (Wildman–Crippen MR) is 102 cm³/mol. The van der Waals surface area contributed by atoms with Crippen LogP contribution < -0.4 is 10.2 Å². The Balaban J connectivity index is 1.47. The number of amides is 1. The molecule has 2 aromatic carbocycles. The Labute approximate surface area is 151 Å². The van der Waals surface area contributed by atoms with Crippen LogP contribution in [-0.2, 0) is 24.3 Å². The molecule has 3 rings (SSSR count). The molecule has 0 radical (unpaired) electrons. The average molecular weight is 337 g/mol. The maximum absolute atomic E-state index is 12.2. The second-order valence-electron chi connectivity index (χ2n) is 7.32. The lowest BCUT2D eigenvalue weighted by Gasteiger charge is -2.12. The van der Waals surface area contributed by atoms with E-state index >= 15 is 0 Å². The first kappa shape index (κ1) is 17.7. The van der Waals surface area contributed by atoms with Gasteiger partial charge in [0, 0.05) is 24.9 Å². The van der Waals surface area contributed by atoms with E-state index in [0.29, 0.717) is 13.0 Å². The van der Waals surface area contributed by atoms with Crippen LogP contribution in [0.4, 0.5) is 0 Å². The number of aryl methyl sites for hydroxylation is 2. The summed E-state index contributed by atoms with van der Waals surface area (Å²) >= 11 is 0. The fourth-order valence-corrected chi connectivity index (χ4v) is 3.48. The molecule has 1 saturated heterocycles. The number of carbonyl (C=O) groups is 1. The van der Waals surface area contributed by atoms with Gasteiger partial charge in [-0.3, -0.25) is 4.79 Å². The van der Waals surface area contributed by atoms with Gasteiger partial charge < -0.3 is 10.2 Å². The van der Waals surface area contributed by atoms with Crippen LogP contribution in [0.2, 0.25) is 0 Å². The highest BCUT2D eigenvalue weighted by Gasteiger charge is 2.15. The fourth-order valence-electron chi connectivity index (χ4n) is 3.48. The summed E-state index contributed by atoms with van der Waals surface area (Å²) in [6.07, 6.45) is 3.16. The van der Waals surface area contributed by atoms with Crippen LogP contribution in [0.5, 0.6) is 0 Å². The third-order valence-electron chi connectivity index (χ3n) is 5.21. The molecule has 2 aromatic rings. The van der Waals surface area contributed by atoms with Gasteiger partial charge in [-0.15, -0.1) is 0 Å². The van der Waals surface area contributed by atoms with E-state index in [1.807, 2.05) is 6.07 Å². The van der Waals surface area contributed by atoms with Gasteiger partial charge in [-0.2, -0.15) is 0 Å². The standard InChI is InChI=1S/C22H28N2O/c1-17-5-6-21(13-18(17)2)14-22(25)23-15-19-7-9-20(10-8-19)16-24-11-3-4-12-24/h5-10,13H,3-4,11-12,14-16H2,1-2H3,(H,23,25)/p+1. The van der Waals surface area contributed by atoms with Crippen molar-refractivity contribution < 1.29 is 9.69 Å². The highest BCUT2D eigenvalue weighted by molar-refractivity contribution is 5.78. The highest BCUT2D eigenvalue weighted by atomic mass is 16.1. The van der Waals surface area contributed by atoms with E-state index in [-0.39, 0.29) is 5.91 Å². The van der Waals surface area contributed by atoms with Gasteiger partial charge in [0.05, 0.1) is 19.5 Å². The largest absolute Gasteiger partial charge is 0.352 e. The Hall–Kier alpha value is -2.13. The number of quaternary nitrogens is 1. The minimum atomic E-state index is 0.0776. The van der Waals surface area contributed by atoms with Crippen molar-refractivity contribution in [1.29, 1.82) is 0 Å². The van der Waals surface area contributed by atoms with Gasteiger partial charge in [-0.25, -0.2) is 0 Å². The molecule has 1 amide bonds. The van der Waals surface area contributed by atoms with Crippen LogP contribution in [0.1, 0.15) is 40.7 Å². The van der Waals surface area contributed by atoms with Gasteiger partial charge in [0.2, 0.25) is 5.91 Å². The first-order chi connectivity index (χ1) is 12.1. The molecule has 0 saturated carbocycles. The minimum absolute atomic E-state index is 0.0776. The summed E-state index contributed by atoms with van der Waals surface area (Å²) in [5.41, 5.74) is 6.13. The summed E-state index contributed by atoms with van der Waals surface area (Å²) in [7, 11) is 0. The zero-order valence-corrected chi connectivity index (χ0v) is 15.4. The Bertz CT molecular complexity index is 715. The third kappa shape index (κ3) is 5.17. The number of rotatable bonds is 6. The van der Waals surface area contributed by atoms with E-state index in [4.69, 9.17) is 0 Å². The molecule has 1 aliphatic heterocycles. The third-order valence-corrected chi connectivity index (χ3v) is 5.21. The fraction of sp³-hybridized carbons (Fsp3) is 0.409. The first-order valence-electron chi connectivity index (χ1n) is 9.34. The lowest BCUT2D eigenvalue weighted by molar-refractivity contribution is -0.901. The van der Waals surface area contributed by atoms with Crippen LogP contribution >= 0.6 is 0 Å². The number of benzene rings is 2. The summed E-state index contributed by atoms with van der Waals surface area (Å²) < 4.78 is 0. The molecule has 0 unspecified atom stereocenters. The normalized spacial score (nSPS) is 14.6. The summed E-state index contributed by atoms with van der Waals surface area (Å²) in [6.45, 7) is 8.50. The Kier molecular flexibility index (Phi) is 5.87. The van der Waals surface area contributed by atoms with Gasteiger partial charge in [0.15, 0.2) is 0 Å². The Morgan fingerprint density at radius 3 is 2.24 bits per heavy atom. The second-order valence-corrected chi connectivity index (χ2v) is 7.32. The van der Waals surface area contributed by atoms with Crippen molar-refractivity contribution in [2.45, 2.75) is 46.2 Å². The molecule has 3 nitrogen and oxygen atoms in total. The van der Waals surface area contributed by atoms with Crippen LogP contribution in [0, 0.1) is 13.8 Å². The molecule has 1 aliphatic rings. The summed E-state index contributed by atoms with van der Waals surface area (Å²) in [5, 5.41) is 3.03. The SMILES string of the molecule is Cc1ccc(CC(=O)NCc2ccc(C[NH+]3CCCC3)cc2)cc1C. The van der Waals surface area contributed by atoms with Gasteiger partial charge in [-0.05, 0) is 36.1 Å². The number of nitrogens with one attached hydrogen (secondary N) is 2. The highest BCUT2D eigenvalue weighted by Crippen LogP contribution is 2.10. The summed E-state index contributed by atoms with van der Waals surface area (Å²) in [6, 6.07) is 14.9. The smallest absolute Gasteiger partial charge is 0.224 e. The molecule has 0 atom stereocenters. The zero-order valence-electron chi connectivity index (χ0n) is 15.4. The Morgan fingerprint density at radius 2 is 1.56 bits per heavy atom. The molecule has 3 heteroatoms. The molecule has 0 bridgehead atoms. The molecular weight excluding hydrogens is 308 g/mol. The number of carbonyl (C=O) groups excluding carboxylic acids is 1. The van der Waals surface area contributed by atoms with Crippen molar-refractivity contribution in [3.63, 3.8) is 0 Å². The van der Waals surface area contributed by atoms with E-state index in [1.54, 1.807) is 4.90 Å². The average Bonchev–Trinajstić information content (AvgIpc) is 3.11. The van der Waals surface area contributed by atoms with Crippen molar-refractivity contribution in [2.75, 3.05) is 13.1 Å². The molecule has 1 heterocycles. The van der Waals surface area contributed by atoms with E-state index in [1.165, 1.54) is 42.6 Å². The van der Waals surface area contributed by atoms with Crippen LogP contribution in [0.15, 0.2) is 42.5 Å². The van der Waals surface area contributed by atoms with Gasteiger partial charge in [0.25, 0.3) is 0 Å². The molecular formula is C22H29N2O+. The number of likely N-dealkylation sites (tertiary alicyclic amines) is 1. The molecule has 1 fully saturated rings. The van der Waals surface area contributed by atoms with Crippen LogP contribution in [-0.4, -0.2) is 19.0 Å². The maximum atomic E-state index is 12.2. The number of hydrogen-bond donors (Lipinski definition) is 2. The van der Waals surface area contributed by atoms with Gasteiger partial charge in [0.1, 0.15) is 6.54 Å². The van der Waals surface area contributed by atoms with E-state index < -0.39 is 0 Å². The van der Waals surface area contributed by atoms with E-state index in [0.717, 1.165) is 17.7 Å². The summed E-state index contributed by atoms with van der Waals surface area (Å²) in [4.78, 5) is 13.9. The second kappa shape index (κ2) is 8.30. The molecule has 0 spiro atoms. The molecule has 132 valence electrons. The maximum Gasteiger partial charge on any atom is 0.224 e. The van der Waals surface area contributed by atoms with Crippen molar-refractivity contribution >= 4 is 5.91 Å². The van der Waals surface area contributed by atoms with Gasteiger partial charge in [-0.1, -0.05) is 42.5 Å². The van der Waals surface area contributed by atoms with E-state index in [9.17, 15) is 4.79 Å². The summed E-state index contributed by atoms with van der Waals surface area (Å²) in [5.74, 6) is 0.0776. The Morgan fingerprint density at radius 1 is 0.920 bits per heavy atom. The van der Waals surface area contributed by atoms with E-state index in [2.05, 4.69) is 55.6 Å². The van der Waals surface area contributed by atoms with Crippen LogP contribution in [0.25, 0.3) is 0 Å². The van der Waals surface area contributed by atoms with Crippen LogP contribution in [0.3, 0.4) is 0 Å². The molecule has 25 heavy (non-hydrogen) atoms. The minimum Gasteiger partial charge on any atom is -0.352 e. The lowest BCUT2D eigenvalue weighted by atomic mass is 10.0. The zero-order chi connectivity index (χ0) is 17.6. The predicted octanol–water partition coefficient (Wildman–Crippen LogP) is 2.34. The molecule has 0 aromatic heterocycles. The van der Waals surface area contributed by atoms with Crippen molar-refractivity contribution in [1.82, 2.24) is 5.32 Å². The lowest BCUT2D eigenvalue weighted by Crippen LogP contribution is -3.08. The first-order valence-corrected chi connectivity index (χ1v) is 9.34. The van der Waals surface area contributed by atoms with Crippen molar-refractivity contribution in [2.24, 2.45) is 0 Å². The number of hydrogen-bond acceptors (Lipinski definition) is 1. The monoisotopic (exact) mass is 337 g/mol. The molecule has 0 aliphatic carbocycles. The topological polar surface area (TPSA) is 33.5 Å². The van der Waals surface area contributed by atoms with Gasteiger partial charge >= 0.3 is 0 Å². The quantitative estimate of drug-likeness (QED) is 0.833.